The minimum absolute atomic E-state index is 0.289. The fourth-order valence-corrected chi connectivity index (χ4v) is 1.82. The van der Waals surface area contributed by atoms with Crippen molar-refractivity contribution in [2.24, 2.45) is 0 Å². The lowest BCUT2D eigenvalue weighted by Gasteiger charge is -2.09. The van der Waals surface area contributed by atoms with Gasteiger partial charge in [-0.05, 0) is 26.0 Å². The zero-order chi connectivity index (χ0) is 15.8. The first kappa shape index (κ1) is 15.9. The normalized spacial score (nSPS) is 10.3. The van der Waals surface area contributed by atoms with Crippen molar-refractivity contribution in [3.8, 4) is 5.75 Å². The summed E-state index contributed by atoms with van der Waals surface area (Å²) in [4.78, 5) is 20.5. The summed E-state index contributed by atoms with van der Waals surface area (Å²) in [6.07, 6.45) is 1.61. The van der Waals surface area contributed by atoms with Gasteiger partial charge in [0.1, 0.15) is 23.9 Å². The summed E-state index contributed by atoms with van der Waals surface area (Å²) in [6, 6.07) is 8.69. The van der Waals surface area contributed by atoms with Gasteiger partial charge >= 0.3 is 0 Å². The second-order valence-corrected chi connectivity index (χ2v) is 4.54. The molecule has 0 aliphatic rings. The first-order valence-electron chi connectivity index (χ1n) is 7.10. The van der Waals surface area contributed by atoms with E-state index < -0.39 is 0 Å². The van der Waals surface area contributed by atoms with E-state index in [-0.39, 0.29) is 11.6 Å². The Morgan fingerprint density at radius 2 is 2.14 bits per heavy atom. The summed E-state index contributed by atoms with van der Waals surface area (Å²) in [5, 5.41) is 2.70. The highest BCUT2D eigenvalue weighted by Crippen LogP contribution is 2.15. The molecular weight excluding hydrogens is 282 g/mol. The summed E-state index contributed by atoms with van der Waals surface area (Å²) in [7, 11) is 0. The van der Waals surface area contributed by atoms with E-state index in [1.54, 1.807) is 36.5 Å². The Labute approximate surface area is 129 Å². The number of rotatable bonds is 7. The molecule has 116 valence electrons. The first-order chi connectivity index (χ1) is 10.7. The van der Waals surface area contributed by atoms with Gasteiger partial charge in [-0.3, -0.25) is 4.79 Å². The standard InChI is InChI=1S/C16H19N3O3/c1-3-21-8-9-22-13-10-12(2)18-14(11-13)16(20)19-15-6-4-5-7-17-15/h4-7,10-11H,3,8-9H2,1-2H3,(H,17,19,20). The average molecular weight is 301 g/mol. The minimum atomic E-state index is -0.322. The number of aromatic nitrogens is 2. The van der Waals surface area contributed by atoms with Crippen LogP contribution in [0.5, 0.6) is 5.75 Å². The highest BCUT2D eigenvalue weighted by atomic mass is 16.5. The van der Waals surface area contributed by atoms with Gasteiger partial charge < -0.3 is 14.8 Å². The molecule has 2 aromatic heterocycles. The smallest absolute Gasteiger partial charge is 0.275 e. The maximum Gasteiger partial charge on any atom is 0.275 e. The van der Waals surface area contributed by atoms with Gasteiger partial charge in [0.15, 0.2) is 0 Å². The molecule has 0 aliphatic carbocycles. The van der Waals surface area contributed by atoms with Crippen LogP contribution in [0.2, 0.25) is 0 Å². The molecule has 0 fully saturated rings. The van der Waals surface area contributed by atoms with Crippen molar-refractivity contribution in [2.45, 2.75) is 13.8 Å². The van der Waals surface area contributed by atoms with E-state index in [1.807, 2.05) is 13.8 Å². The van der Waals surface area contributed by atoms with Gasteiger partial charge in [-0.1, -0.05) is 6.07 Å². The summed E-state index contributed by atoms with van der Waals surface area (Å²) < 4.78 is 10.8. The number of hydrogen-bond donors (Lipinski definition) is 1. The molecule has 0 aliphatic heterocycles. The molecule has 0 radical (unpaired) electrons. The highest BCUT2D eigenvalue weighted by molar-refractivity contribution is 6.02. The van der Waals surface area contributed by atoms with Crippen LogP contribution in [-0.2, 0) is 4.74 Å². The molecule has 0 atom stereocenters. The van der Waals surface area contributed by atoms with Crippen LogP contribution in [0.3, 0.4) is 0 Å². The van der Waals surface area contributed by atoms with E-state index in [0.29, 0.717) is 37.1 Å². The number of carbonyl (C=O) groups excluding carboxylic acids is 1. The molecule has 22 heavy (non-hydrogen) atoms. The van der Waals surface area contributed by atoms with Crippen LogP contribution in [0.1, 0.15) is 23.1 Å². The predicted octanol–water partition coefficient (Wildman–Crippen LogP) is 2.45. The SMILES string of the molecule is CCOCCOc1cc(C)nc(C(=O)Nc2ccccn2)c1. The zero-order valence-electron chi connectivity index (χ0n) is 12.7. The van der Waals surface area contributed by atoms with Crippen molar-refractivity contribution >= 4 is 11.7 Å². The van der Waals surface area contributed by atoms with Crippen molar-refractivity contribution in [3.05, 3.63) is 47.9 Å². The Morgan fingerprint density at radius 1 is 1.27 bits per heavy atom. The van der Waals surface area contributed by atoms with E-state index in [0.717, 1.165) is 0 Å². The lowest BCUT2D eigenvalue weighted by atomic mass is 10.2. The number of anilines is 1. The second-order valence-electron chi connectivity index (χ2n) is 4.54. The largest absolute Gasteiger partial charge is 0.491 e. The summed E-state index contributed by atoms with van der Waals surface area (Å²) >= 11 is 0. The summed E-state index contributed by atoms with van der Waals surface area (Å²) in [5.41, 5.74) is 0.997. The Hall–Kier alpha value is -2.47. The molecule has 2 rings (SSSR count). The molecule has 0 bridgehead atoms. The van der Waals surface area contributed by atoms with Crippen molar-refractivity contribution in [1.29, 1.82) is 0 Å². The molecule has 2 aromatic rings. The molecular formula is C16H19N3O3. The number of nitrogens with one attached hydrogen (secondary N) is 1. The van der Waals surface area contributed by atoms with Crippen molar-refractivity contribution in [3.63, 3.8) is 0 Å². The van der Waals surface area contributed by atoms with Gasteiger partial charge in [0.05, 0.1) is 6.61 Å². The molecule has 0 saturated heterocycles. The Kier molecular flexibility index (Phi) is 5.85. The molecule has 0 saturated carbocycles. The number of ether oxygens (including phenoxy) is 2. The Bertz CT molecular complexity index is 617. The highest BCUT2D eigenvalue weighted by Gasteiger charge is 2.11. The van der Waals surface area contributed by atoms with Gasteiger partial charge in [0.2, 0.25) is 0 Å². The zero-order valence-corrected chi connectivity index (χ0v) is 12.7. The number of carbonyl (C=O) groups is 1. The van der Waals surface area contributed by atoms with E-state index in [1.165, 1.54) is 0 Å². The number of nitrogens with zero attached hydrogens (tertiary/aromatic N) is 2. The molecule has 0 unspecified atom stereocenters. The molecule has 1 amide bonds. The second kappa shape index (κ2) is 8.09. The maximum atomic E-state index is 12.2. The topological polar surface area (TPSA) is 73.3 Å². The van der Waals surface area contributed by atoms with Crippen LogP contribution in [-0.4, -0.2) is 35.7 Å². The number of hydrogen-bond acceptors (Lipinski definition) is 5. The number of pyridine rings is 2. The molecule has 6 nitrogen and oxygen atoms in total. The third-order valence-corrected chi connectivity index (χ3v) is 2.77. The van der Waals surface area contributed by atoms with E-state index >= 15 is 0 Å². The molecule has 2 heterocycles. The van der Waals surface area contributed by atoms with Crippen molar-refractivity contribution < 1.29 is 14.3 Å². The quantitative estimate of drug-likeness (QED) is 0.795. The Balaban J connectivity index is 2.03. The van der Waals surface area contributed by atoms with Gasteiger partial charge in [-0.15, -0.1) is 0 Å². The van der Waals surface area contributed by atoms with Gasteiger partial charge in [-0.25, -0.2) is 9.97 Å². The number of aryl methyl sites for hydroxylation is 1. The first-order valence-corrected chi connectivity index (χ1v) is 7.10. The fraction of sp³-hybridized carbons (Fsp3) is 0.312. The van der Waals surface area contributed by atoms with Crippen LogP contribution >= 0.6 is 0 Å². The monoisotopic (exact) mass is 301 g/mol. The lowest BCUT2D eigenvalue weighted by Crippen LogP contribution is -2.15. The number of amides is 1. The lowest BCUT2D eigenvalue weighted by molar-refractivity contribution is 0.101. The molecule has 6 heteroatoms. The van der Waals surface area contributed by atoms with E-state index in [4.69, 9.17) is 9.47 Å². The van der Waals surface area contributed by atoms with Crippen LogP contribution in [0.25, 0.3) is 0 Å². The third kappa shape index (κ3) is 4.82. The summed E-state index contributed by atoms with van der Waals surface area (Å²) in [6.45, 7) is 5.33. The van der Waals surface area contributed by atoms with Crippen molar-refractivity contribution in [1.82, 2.24) is 9.97 Å². The van der Waals surface area contributed by atoms with Crippen LogP contribution < -0.4 is 10.1 Å². The minimum Gasteiger partial charge on any atom is -0.491 e. The average Bonchev–Trinajstić information content (AvgIpc) is 2.52. The van der Waals surface area contributed by atoms with Gasteiger partial charge in [0, 0.05) is 30.6 Å². The van der Waals surface area contributed by atoms with Crippen LogP contribution in [0.4, 0.5) is 5.82 Å². The third-order valence-electron chi connectivity index (χ3n) is 2.77. The fourth-order valence-electron chi connectivity index (χ4n) is 1.82. The summed E-state index contributed by atoms with van der Waals surface area (Å²) in [5.74, 6) is 0.755. The molecule has 1 N–H and O–H groups in total. The predicted molar refractivity (Wildman–Crippen MR) is 83.2 cm³/mol. The molecule has 0 spiro atoms. The van der Waals surface area contributed by atoms with Crippen LogP contribution in [0.15, 0.2) is 36.5 Å². The van der Waals surface area contributed by atoms with Crippen molar-refractivity contribution in [2.75, 3.05) is 25.1 Å². The maximum absolute atomic E-state index is 12.2. The Morgan fingerprint density at radius 3 is 2.86 bits per heavy atom. The van der Waals surface area contributed by atoms with E-state index in [2.05, 4.69) is 15.3 Å². The van der Waals surface area contributed by atoms with Gasteiger partial charge in [0.25, 0.3) is 5.91 Å². The molecule has 0 aromatic carbocycles. The van der Waals surface area contributed by atoms with E-state index in [9.17, 15) is 4.79 Å². The van der Waals surface area contributed by atoms with Gasteiger partial charge in [-0.2, -0.15) is 0 Å². The van der Waals surface area contributed by atoms with Crippen LogP contribution in [0, 0.1) is 6.92 Å².